The van der Waals surface area contributed by atoms with Gasteiger partial charge < -0.3 is 55.3 Å². The Morgan fingerprint density at radius 2 is 1.68 bits per heavy atom. The molecule has 2 rings (SSSR count). The molecule has 41 heavy (non-hydrogen) atoms. The Morgan fingerprint density at radius 3 is 2.22 bits per heavy atom. The van der Waals surface area contributed by atoms with Gasteiger partial charge in [0.15, 0.2) is 6.29 Å². The lowest BCUT2D eigenvalue weighted by molar-refractivity contribution is -0.300. The summed E-state index contributed by atoms with van der Waals surface area (Å²) >= 11 is 0. The molecule has 2 aliphatic heterocycles. The first-order chi connectivity index (χ1) is 18.8. The van der Waals surface area contributed by atoms with Gasteiger partial charge >= 0.3 is 5.97 Å². The van der Waals surface area contributed by atoms with Gasteiger partial charge in [-0.3, -0.25) is 4.79 Å². The number of esters is 1. The lowest BCUT2D eigenvalue weighted by atomic mass is 9.81. The highest BCUT2D eigenvalue weighted by Gasteiger charge is 2.50. The second kappa shape index (κ2) is 14.2. The predicted octanol–water partition coefficient (Wildman–Crippen LogP) is -0.128. The van der Waals surface area contributed by atoms with Crippen LogP contribution >= 0.6 is 0 Å². The molecule has 12 nitrogen and oxygen atoms in total. The number of nitrogens with zero attached hydrogens (tertiary/aromatic N) is 2. The molecule has 2 aliphatic rings. The minimum absolute atomic E-state index is 0.0319. The molecule has 0 saturated carbocycles. The Kier molecular flexibility index (Phi) is 12.6. The first kappa shape index (κ1) is 36.3. The predicted molar refractivity (Wildman–Crippen MR) is 153 cm³/mol. The highest BCUT2D eigenvalue weighted by molar-refractivity contribution is 5.73. The van der Waals surface area contributed by atoms with Crippen LogP contribution < -0.4 is 5.73 Å². The largest absolute Gasteiger partial charge is 0.459 e. The standard InChI is InChI=1S/C29H57N3O9/c1-11-21-28(7,37)24(35)19(6)32(10)14-15(2)13-29(30,38)25(17(4)22(33)18(5)26(36)40-21)41-27-23(34)20(31(8)9)12-16(3)39-27/h15-25,27,33-35,37-38H,11-14,30H2,1-10H3/t15-,16?,17?,18+,19+,20?,21?,22+,23?,24?,25?,27-,28?,29+/m0/s1. The number of aliphatic hydroxyl groups is 5. The van der Waals surface area contributed by atoms with Gasteiger partial charge in [0.05, 0.1) is 18.1 Å². The number of nitrogens with two attached hydrogens (primary N) is 1. The summed E-state index contributed by atoms with van der Waals surface area (Å²) in [7, 11) is 5.49. The van der Waals surface area contributed by atoms with Crippen molar-refractivity contribution in [1.29, 1.82) is 0 Å². The number of hydrogen-bond acceptors (Lipinski definition) is 12. The maximum absolute atomic E-state index is 13.3. The van der Waals surface area contributed by atoms with Gasteiger partial charge in [-0.05, 0) is 74.0 Å². The van der Waals surface area contributed by atoms with Crippen LogP contribution in [0.15, 0.2) is 0 Å². The summed E-state index contributed by atoms with van der Waals surface area (Å²) in [6.07, 6.45) is -6.54. The van der Waals surface area contributed by atoms with Crippen molar-refractivity contribution >= 4 is 5.97 Å². The smallest absolute Gasteiger partial charge is 0.311 e. The monoisotopic (exact) mass is 591 g/mol. The van der Waals surface area contributed by atoms with Gasteiger partial charge in [-0.15, -0.1) is 0 Å². The molecule has 2 heterocycles. The number of rotatable bonds is 4. The second-order valence-electron chi connectivity index (χ2n) is 13.3. The third kappa shape index (κ3) is 8.37. The van der Waals surface area contributed by atoms with Gasteiger partial charge in [0.25, 0.3) is 0 Å². The molecule has 14 atom stereocenters. The molecule has 0 aliphatic carbocycles. The van der Waals surface area contributed by atoms with E-state index >= 15 is 0 Å². The van der Waals surface area contributed by atoms with E-state index in [0.717, 1.165) is 0 Å². The molecule has 0 amide bonds. The molecule has 0 aromatic heterocycles. The van der Waals surface area contributed by atoms with Gasteiger partial charge in [0.2, 0.25) is 0 Å². The number of cyclic esters (lactones) is 1. The average Bonchev–Trinajstić information content (AvgIpc) is 2.87. The van der Waals surface area contributed by atoms with Crippen LogP contribution in [0.25, 0.3) is 0 Å². The van der Waals surface area contributed by atoms with Crippen LogP contribution in [0, 0.1) is 17.8 Å². The van der Waals surface area contributed by atoms with E-state index in [-0.39, 0.29) is 30.9 Å². The van der Waals surface area contributed by atoms with E-state index in [4.69, 9.17) is 19.9 Å². The average molecular weight is 592 g/mol. The molecule has 2 fully saturated rings. The summed E-state index contributed by atoms with van der Waals surface area (Å²) in [4.78, 5) is 17.0. The van der Waals surface area contributed by atoms with Crippen molar-refractivity contribution in [2.45, 2.75) is 134 Å². The van der Waals surface area contributed by atoms with E-state index in [1.165, 1.54) is 13.8 Å². The van der Waals surface area contributed by atoms with Crippen molar-refractivity contribution in [2.24, 2.45) is 23.5 Å². The number of hydrogen-bond donors (Lipinski definition) is 6. The van der Waals surface area contributed by atoms with Crippen molar-refractivity contribution < 1.29 is 44.5 Å². The Morgan fingerprint density at radius 1 is 1.10 bits per heavy atom. The van der Waals surface area contributed by atoms with E-state index in [1.54, 1.807) is 27.8 Å². The number of carbonyl (C=O) groups excluding carboxylic acids is 1. The lowest BCUT2D eigenvalue weighted by Gasteiger charge is -2.46. The molecule has 0 radical (unpaired) electrons. The van der Waals surface area contributed by atoms with Crippen LogP contribution in [0.2, 0.25) is 0 Å². The zero-order valence-corrected chi connectivity index (χ0v) is 26.6. The summed E-state index contributed by atoms with van der Waals surface area (Å²) in [5, 5.41) is 56.7. The third-order valence-corrected chi connectivity index (χ3v) is 9.26. The second-order valence-corrected chi connectivity index (χ2v) is 13.3. The first-order valence-corrected chi connectivity index (χ1v) is 14.9. The molecule has 0 spiro atoms. The van der Waals surface area contributed by atoms with Crippen LogP contribution in [-0.2, 0) is 19.0 Å². The van der Waals surface area contributed by atoms with Crippen molar-refractivity contribution in [3.05, 3.63) is 0 Å². The van der Waals surface area contributed by atoms with Crippen molar-refractivity contribution in [1.82, 2.24) is 9.80 Å². The normalized spacial score (nSPS) is 48.4. The summed E-state index contributed by atoms with van der Waals surface area (Å²) in [5.74, 6) is -3.00. The van der Waals surface area contributed by atoms with E-state index in [2.05, 4.69) is 0 Å². The molecule has 8 unspecified atom stereocenters. The quantitative estimate of drug-likeness (QED) is 0.189. The topological polar surface area (TPSA) is 178 Å². The molecule has 0 bridgehead atoms. The Labute approximate surface area is 245 Å². The van der Waals surface area contributed by atoms with Crippen LogP contribution in [0.1, 0.15) is 67.7 Å². The van der Waals surface area contributed by atoms with Crippen molar-refractivity contribution in [3.8, 4) is 0 Å². The fourth-order valence-electron chi connectivity index (χ4n) is 6.45. The van der Waals surface area contributed by atoms with E-state index < -0.39 is 72.0 Å². The summed E-state index contributed by atoms with van der Waals surface area (Å²) in [6, 6.07) is -0.814. The molecule has 242 valence electrons. The number of carbonyl (C=O) groups is 1. The highest BCUT2D eigenvalue weighted by atomic mass is 16.7. The fourth-order valence-corrected chi connectivity index (χ4v) is 6.45. The van der Waals surface area contributed by atoms with Gasteiger partial charge in [0.1, 0.15) is 35.7 Å². The first-order valence-electron chi connectivity index (χ1n) is 14.9. The number of ether oxygens (including phenoxy) is 3. The zero-order chi connectivity index (χ0) is 31.6. The van der Waals surface area contributed by atoms with Gasteiger partial charge in [0, 0.05) is 24.5 Å². The van der Waals surface area contributed by atoms with Crippen LogP contribution in [0.4, 0.5) is 0 Å². The number of likely N-dealkylation sites (N-methyl/N-ethyl adjacent to an activating group) is 2. The molecule has 2 saturated heterocycles. The van der Waals surface area contributed by atoms with E-state index in [1.807, 2.05) is 37.7 Å². The molecule has 0 aromatic rings. The molecular formula is C29H57N3O9. The maximum Gasteiger partial charge on any atom is 0.311 e. The molecule has 12 heteroatoms. The van der Waals surface area contributed by atoms with Gasteiger partial charge in [-0.25, -0.2) is 0 Å². The van der Waals surface area contributed by atoms with E-state index in [9.17, 15) is 30.3 Å². The van der Waals surface area contributed by atoms with Crippen molar-refractivity contribution in [3.63, 3.8) is 0 Å². The van der Waals surface area contributed by atoms with Crippen LogP contribution in [-0.4, -0.2) is 135 Å². The maximum atomic E-state index is 13.3. The molecule has 7 N–H and O–H groups in total. The summed E-state index contributed by atoms with van der Waals surface area (Å²) in [5.41, 5.74) is 2.79. The van der Waals surface area contributed by atoms with Gasteiger partial charge in [-0.1, -0.05) is 20.8 Å². The zero-order valence-electron chi connectivity index (χ0n) is 26.6. The number of aliphatic hydroxyl groups excluding tert-OH is 3. The Balaban J connectivity index is 2.52. The van der Waals surface area contributed by atoms with Crippen molar-refractivity contribution in [2.75, 3.05) is 27.7 Å². The minimum Gasteiger partial charge on any atom is -0.459 e. The lowest BCUT2D eigenvalue weighted by Crippen LogP contribution is -2.62. The minimum atomic E-state index is -2.00. The third-order valence-electron chi connectivity index (χ3n) is 9.26. The Bertz CT molecular complexity index is 844. The molecular weight excluding hydrogens is 534 g/mol. The fraction of sp³-hybridized carbons (Fsp3) is 0.966. The summed E-state index contributed by atoms with van der Waals surface area (Å²) < 4.78 is 17.9. The molecule has 0 aromatic carbocycles. The highest BCUT2D eigenvalue weighted by Crippen LogP contribution is 2.34. The Hall–Kier alpha value is -0.930. The van der Waals surface area contributed by atoms with E-state index in [0.29, 0.717) is 13.0 Å². The van der Waals surface area contributed by atoms with Crippen LogP contribution in [0.5, 0.6) is 0 Å². The summed E-state index contributed by atoms with van der Waals surface area (Å²) in [6.45, 7) is 12.2. The van der Waals surface area contributed by atoms with Gasteiger partial charge in [-0.2, -0.15) is 0 Å². The van der Waals surface area contributed by atoms with Crippen LogP contribution in [0.3, 0.4) is 0 Å². The SMILES string of the molecule is CCC1OC(=O)[C@H](C)[C@H](O)C(C)C(O[C@@H]2OC(C)CC(N(C)C)C2O)[C@](N)(O)C[C@H](C)CN(C)[C@H](C)C(O)C1(C)O.